The molecule has 0 fully saturated rings. The summed E-state index contributed by atoms with van der Waals surface area (Å²) in [7, 11) is 0. The van der Waals surface area contributed by atoms with Crippen molar-refractivity contribution in [2.24, 2.45) is 5.84 Å². The minimum atomic E-state index is -0.292. The van der Waals surface area contributed by atoms with Crippen LogP contribution >= 0.6 is 0 Å². The van der Waals surface area contributed by atoms with Gasteiger partial charge in [-0.2, -0.15) is 0 Å². The molecule has 0 bridgehead atoms. The number of benzene rings is 3. The number of carbonyl (C=O) groups is 1. The van der Waals surface area contributed by atoms with E-state index in [4.69, 9.17) is 10.6 Å². The first-order chi connectivity index (χ1) is 12.7. The Morgan fingerprint density at radius 3 is 2.65 bits per heavy atom. The van der Waals surface area contributed by atoms with Gasteiger partial charge in [-0.3, -0.25) is 10.2 Å². The summed E-state index contributed by atoms with van der Waals surface area (Å²) in [6.45, 7) is 0.346. The van der Waals surface area contributed by atoms with E-state index in [1.165, 1.54) is 0 Å². The normalized spacial score (nSPS) is 11.0. The Balaban J connectivity index is 1.63. The van der Waals surface area contributed by atoms with Gasteiger partial charge in [0.1, 0.15) is 24.7 Å². The van der Waals surface area contributed by atoms with Crippen molar-refractivity contribution in [2.75, 3.05) is 0 Å². The van der Waals surface area contributed by atoms with Gasteiger partial charge in [-0.05, 0) is 35.0 Å². The standard InChI is InChI=1S/C20H18N4O2/c21-23-20(25)12-24-18-8-4-3-7-17(18)22-19(24)13-26-16-10-9-14-5-1-2-6-15(14)11-16/h1-11H,12-13,21H2,(H,23,25). The number of nitrogens with one attached hydrogen (secondary N) is 1. The van der Waals surface area contributed by atoms with Gasteiger partial charge >= 0.3 is 0 Å². The molecule has 0 spiro atoms. The summed E-state index contributed by atoms with van der Waals surface area (Å²) in [4.78, 5) is 16.4. The molecule has 0 radical (unpaired) electrons. The fourth-order valence-electron chi connectivity index (χ4n) is 3.01. The van der Waals surface area contributed by atoms with E-state index in [9.17, 15) is 4.79 Å². The Labute approximate surface area is 150 Å². The summed E-state index contributed by atoms with van der Waals surface area (Å²) in [5.41, 5.74) is 3.84. The van der Waals surface area contributed by atoms with E-state index in [0.29, 0.717) is 5.82 Å². The van der Waals surface area contributed by atoms with Gasteiger partial charge in [-0.15, -0.1) is 0 Å². The molecule has 1 heterocycles. The molecule has 0 aliphatic carbocycles. The second-order valence-electron chi connectivity index (χ2n) is 5.97. The van der Waals surface area contributed by atoms with E-state index in [1.807, 2.05) is 65.2 Å². The molecular formula is C20H18N4O2. The Morgan fingerprint density at radius 2 is 1.81 bits per heavy atom. The number of hydrogen-bond donors (Lipinski definition) is 2. The number of carbonyl (C=O) groups excluding carboxylic acids is 1. The summed E-state index contributed by atoms with van der Waals surface area (Å²) in [5, 5.41) is 2.27. The van der Waals surface area contributed by atoms with Gasteiger partial charge in [0.25, 0.3) is 5.91 Å². The lowest BCUT2D eigenvalue weighted by atomic mass is 10.1. The molecule has 0 saturated heterocycles. The lowest BCUT2D eigenvalue weighted by molar-refractivity contribution is -0.121. The summed E-state index contributed by atoms with van der Waals surface area (Å²) >= 11 is 0. The molecule has 6 heteroatoms. The van der Waals surface area contributed by atoms with Gasteiger partial charge in [0.15, 0.2) is 0 Å². The molecule has 1 amide bonds. The molecule has 0 unspecified atom stereocenters. The predicted molar refractivity (Wildman–Crippen MR) is 100 cm³/mol. The number of aromatic nitrogens is 2. The van der Waals surface area contributed by atoms with E-state index in [-0.39, 0.29) is 19.1 Å². The van der Waals surface area contributed by atoms with Crippen molar-refractivity contribution in [1.29, 1.82) is 0 Å². The summed E-state index contributed by atoms with van der Waals surface area (Å²) < 4.78 is 7.76. The molecule has 3 N–H and O–H groups in total. The molecule has 1 aromatic heterocycles. The average Bonchev–Trinajstić information content (AvgIpc) is 3.03. The maximum Gasteiger partial charge on any atom is 0.253 e. The second kappa shape index (κ2) is 6.85. The van der Waals surface area contributed by atoms with Crippen molar-refractivity contribution in [3.8, 4) is 5.75 Å². The molecule has 4 rings (SSSR count). The van der Waals surface area contributed by atoms with Gasteiger partial charge < -0.3 is 9.30 Å². The zero-order chi connectivity index (χ0) is 17.9. The highest BCUT2D eigenvalue weighted by Crippen LogP contribution is 2.22. The van der Waals surface area contributed by atoms with E-state index >= 15 is 0 Å². The molecule has 0 saturated carbocycles. The number of para-hydroxylation sites is 2. The molecule has 0 aliphatic heterocycles. The van der Waals surface area contributed by atoms with Crippen LogP contribution in [0.1, 0.15) is 5.82 Å². The van der Waals surface area contributed by atoms with Crippen LogP contribution < -0.4 is 16.0 Å². The first-order valence-corrected chi connectivity index (χ1v) is 8.30. The lowest BCUT2D eigenvalue weighted by Gasteiger charge is -2.10. The number of imidazole rings is 1. The smallest absolute Gasteiger partial charge is 0.253 e. The Bertz CT molecular complexity index is 1090. The Morgan fingerprint density at radius 1 is 1.04 bits per heavy atom. The fraction of sp³-hybridized carbons (Fsp3) is 0.100. The largest absolute Gasteiger partial charge is 0.486 e. The van der Waals surface area contributed by atoms with Crippen molar-refractivity contribution in [1.82, 2.24) is 15.0 Å². The zero-order valence-electron chi connectivity index (χ0n) is 14.1. The van der Waals surface area contributed by atoms with E-state index < -0.39 is 0 Å². The zero-order valence-corrected chi connectivity index (χ0v) is 14.1. The summed E-state index contributed by atoms with van der Waals surface area (Å²) in [5.74, 6) is 6.37. The number of rotatable bonds is 5. The monoisotopic (exact) mass is 346 g/mol. The first kappa shape index (κ1) is 16.1. The van der Waals surface area contributed by atoms with Crippen LogP contribution in [-0.2, 0) is 17.9 Å². The first-order valence-electron chi connectivity index (χ1n) is 8.30. The number of nitrogens with two attached hydrogens (primary N) is 1. The number of nitrogens with zero attached hydrogens (tertiary/aromatic N) is 2. The average molecular weight is 346 g/mol. The highest BCUT2D eigenvalue weighted by molar-refractivity contribution is 5.83. The topological polar surface area (TPSA) is 82.2 Å². The van der Waals surface area contributed by atoms with Crippen LogP contribution in [0.3, 0.4) is 0 Å². The third-order valence-corrected chi connectivity index (χ3v) is 4.29. The highest BCUT2D eigenvalue weighted by Gasteiger charge is 2.13. The number of hydrazine groups is 1. The summed E-state index contributed by atoms with van der Waals surface area (Å²) in [6.07, 6.45) is 0. The molecule has 0 atom stereocenters. The Hall–Kier alpha value is -3.38. The van der Waals surface area contributed by atoms with Crippen LogP contribution in [-0.4, -0.2) is 15.5 Å². The minimum Gasteiger partial charge on any atom is -0.486 e. The molecule has 0 aliphatic rings. The van der Waals surface area contributed by atoms with Gasteiger partial charge in [0, 0.05) is 0 Å². The maximum absolute atomic E-state index is 11.8. The number of amides is 1. The number of fused-ring (bicyclic) bond motifs is 2. The van der Waals surface area contributed by atoms with Gasteiger partial charge in [-0.1, -0.05) is 42.5 Å². The van der Waals surface area contributed by atoms with E-state index in [0.717, 1.165) is 27.6 Å². The molecule has 6 nitrogen and oxygen atoms in total. The number of hydrogen-bond acceptors (Lipinski definition) is 4. The van der Waals surface area contributed by atoms with Crippen molar-refractivity contribution >= 4 is 27.7 Å². The van der Waals surface area contributed by atoms with Gasteiger partial charge in [-0.25, -0.2) is 10.8 Å². The van der Waals surface area contributed by atoms with Crippen molar-refractivity contribution in [3.05, 3.63) is 72.6 Å². The van der Waals surface area contributed by atoms with Crippen LogP contribution in [0.4, 0.5) is 0 Å². The van der Waals surface area contributed by atoms with E-state index in [1.54, 1.807) is 0 Å². The second-order valence-corrected chi connectivity index (χ2v) is 5.97. The third kappa shape index (κ3) is 3.10. The van der Waals surface area contributed by atoms with Crippen LogP contribution in [0.15, 0.2) is 66.7 Å². The van der Waals surface area contributed by atoms with Crippen LogP contribution in [0.25, 0.3) is 21.8 Å². The SMILES string of the molecule is NNC(=O)Cn1c(COc2ccc3ccccc3c2)nc2ccccc21. The minimum absolute atomic E-state index is 0.0907. The fourth-order valence-corrected chi connectivity index (χ4v) is 3.01. The van der Waals surface area contributed by atoms with Gasteiger partial charge in [0.2, 0.25) is 0 Å². The summed E-state index contributed by atoms with van der Waals surface area (Å²) in [6, 6.07) is 21.7. The van der Waals surface area contributed by atoms with Crippen molar-refractivity contribution < 1.29 is 9.53 Å². The molecule has 130 valence electrons. The van der Waals surface area contributed by atoms with Crippen molar-refractivity contribution in [2.45, 2.75) is 13.2 Å². The van der Waals surface area contributed by atoms with Crippen LogP contribution in [0.2, 0.25) is 0 Å². The van der Waals surface area contributed by atoms with Crippen LogP contribution in [0.5, 0.6) is 5.75 Å². The highest BCUT2D eigenvalue weighted by atomic mass is 16.5. The van der Waals surface area contributed by atoms with Crippen LogP contribution in [0, 0.1) is 0 Å². The molecule has 4 aromatic rings. The molecule has 3 aromatic carbocycles. The molecule has 26 heavy (non-hydrogen) atoms. The quantitative estimate of drug-likeness (QED) is 0.331. The lowest BCUT2D eigenvalue weighted by Crippen LogP contribution is -2.33. The Kier molecular flexibility index (Phi) is 4.25. The third-order valence-electron chi connectivity index (χ3n) is 4.29. The van der Waals surface area contributed by atoms with Gasteiger partial charge in [0.05, 0.1) is 11.0 Å². The predicted octanol–water partition coefficient (Wildman–Crippen LogP) is 2.76. The molecular weight excluding hydrogens is 328 g/mol. The van der Waals surface area contributed by atoms with Crippen molar-refractivity contribution in [3.63, 3.8) is 0 Å². The van der Waals surface area contributed by atoms with E-state index in [2.05, 4.69) is 16.5 Å². The maximum atomic E-state index is 11.8. The number of ether oxygens (including phenoxy) is 1.